The van der Waals surface area contributed by atoms with Crippen molar-refractivity contribution in [2.75, 3.05) is 13.7 Å². The molecule has 0 saturated heterocycles. The summed E-state index contributed by atoms with van der Waals surface area (Å²) in [6.45, 7) is 2.89. The van der Waals surface area contributed by atoms with Gasteiger partial charge in [-0.25, -0.2) is 0 Å². The summed E-state index contributed by atoms with van der Waals surface area (Å²) in [4.78, 5) is 0. The number of ether oxygens (including phenoxy) is 1. The van der Waals surface area contributed by atoms with Crippen LogP contribution < -0.4 is 5.32 Å². The number of rotatable bonds is 8. The second-order valence-corrected chi connectivity index (χ2v) is 4.25. The van der Waals surface area contributed by atoms with Crippen molar-refractivity contribution < 1.29 is 4.74 Å². The number of hydrogen-bond donors (Lipinski definition) is 1. The minimum atomic E-state index is 0.401. The van der Waals surface area contributed by atoms with Crippen LogP contribution in [0.5, 0.6) is 0 Å². The Hall–Kier alpha value is -0.520. The average molecular weight is 209 g/mol. The summed E-state index contributed by atoms with van der Waals surface area (Å²) in [6, 6.07) is 0.478. The van der Waals surface area contributed by atoms with E-state index >= 15 is 0 Å². The van der Waals surface area contributed by atoms with Gasteiger partial charge in [-0.05, 0) is 45.6 Å². The minimum absolute atomic E-state index is 0.401. The first-order valence-corrected chi connectivity index (χ1v) is 6.05. The maximum Gasteiger partial charge on any atom is 0.0755 e. The molecule has 0 aromatic carbocycles. The molecule has 2 heteroatoms. The molecule has 1 N–H and O–H groups in total. The van der Waals surface area contributed by atoms with E-state index in [0.717, 1.165) is 31.8 Å². The van der Waals surface area contributed by atoms with Crippen molar-refractivity contribution in [3.8, 4) is 12.3 Å². The van der Waals surface area contributed by atoms with Gasteiger partial charge in [0.15, 0.2) is 0 Å². The van der Waals surface area contributed by atoms with Crippen molar-refractivity contribution in [1.82, 2.24) is 5.32 Å². The number of terminal acetylenes is 1. The van der Waals surface area contributed by atoms with Gasteiger partial charge in [-0.15, -0.1) is 12.3 Å². The number of unbranched alkanes of at least 4 members (excludes halogenated alkanes) is 1. The predicted molar refractivity (Wildman–Crippen MR) is 63.7 cm³/mol. The minimum Gasteiger partial charge on any atom is -0.377 e. The summed E-state index contributed by atoms with van der Waals surface area (Å²) >= 11 is 0. The van der Waals surface area contributed by atoms with E-state index in [4.69, 9.17) is 11.2 Å². The molecule has 0 aliphatic heterocycles. The van der Waals surface area contributed by atoms with Gasteiger partial charge in [0.2, 0.25) is 0 Å². The number of hydrogen-bond acceptors (Lipinski definition) is 2. The van der Waals surface area contributed by atoms with Crippen LogP contribution in [0.25, 0.3) is 0 Å². The van der Waals surface area contributed by atoms with Crippen molar-refractivity contribution >= 4 is 0 Å². The standard InChI is InChI=1S/C13H23NO/c1-4-6-7-8-12(14-3)13(15-5-2)11-9-10-11/h1,11-14H,5-10H2,2-3H3. The Bertz CT molecular complexity index is 205. The molecule has 2 atom stereocenters. The Kier molecular flexibility index (Phi) is 5.75. The Morgan fingerprint density at radius 1 is 1.53 bits per heavy atom. The van der Waals surface area contributed by atoms with E-state index < -0.39 is 0 Å². The molecule has 1 aliphatic carbocycles. The van der Waals surface area contributed by atoms with Crippen LogP contribution in [0, 0.1) is 18.3 Å². The second kappa shape index (κ2) is 6.87. The normalized spacial score (nSPS) is 19.5. The van der Waals surface area contributed by atoms with Crippen LogP contribution in [0.1, 0.15) is 39.0 Å². The summed E-state index contributed by atoms with van der Waals surface area (Å²) in [6.07, 6.45) is 11.4. The van der Waals surface area contributed by atoms with Crippen LogP contribution >= 0.6 is 0 Å². The zero-order valence-electron chi connectivity index (χ0n) is 9.96. The predicted octanol–water partition coefficient (Wildman–Crippen LogP) is 2.19. The topological polar surface area (TPSA) is 21.3 Å². The summed E-state index contributed by atoms with van der Waals surface area (Å²) in [5.74, 6) is 3.48. The molecular weight excluding hydrogens is 186 g/mol. The fourth-order valence-electron chi connectivity index (χ4n) is 2.09. The third-order valence-electron chi connectivity index (χ3n) is 3.05. The van der Waals surface area contributed by atoms with Gasteiger partial charge in [0, 0.05) is 19.1 Å². The van der Waals surface area contributed by atoms with Gasteiger partial charge in [0.05, 0.1) is 6.10 Å². The molecule has 15 heavy (non-hydrogen) atoms. The zero-order valence-corrected chi connectivity index (χ0v) is 9.96. The van der Waals surface area contributed by atoms with Crippen LogP contribution in [0.15, 0.2) is 0 Å². The van der Waals surface area contributed by atoms with Crippen molar-refractivity contribution in [2.24, 2.45) is 5.92 Å². The van der Waals surface area contributed by atoms with Crippen LogP contribution in [0.2, 0.25) is 0 Å². The lowest BCUT2D eigenvalue weighted by atomic mass is 10.0. The van der Waals surface area contributed by atoms with E-state index in [0.29, 0.717) is 12.1 Å². The highest BCUT2D eigenvalue weighted by Crippen LogP contribution is 2.36. The molecule has 0 radical (unpaired) electrons. The monoisotopic (exact) mass is 209 g/mol. The Balaban J connectivity index is 2.35. The van der Waals surface area contributed by atoms with Crippen LogP contribution in [0.3, 0.4) is 0 Å². The molecule has 1 rings (SSSR count). The van der Waals surface area contributed by atoms with E-state index in [2.05, 4.69) is 18.2 Å². The first kappa shape index (κ1) is 12.5. The summed E-state index contributed by atoms with van der Waals surface area (Å²) in [7, 11) is 2.02. The molecule has 0 bridgehead atoms. The third kappa shape index (κ3) is 4.24. The van der Waals surface area contributed by atoms with E-state index in [1.165, 1.54) is 12.8 Å². The molecule has 0 heterocycles. The summed E-state index contributed by atoms with van der Waals surface area (Å²) < 4.78 is 5.84. The number of nitrogens with one attached hydrogen (secondary N) is 1. The quantitative estimate of drug-likeness (QED) is 0.489. The number of likely N-dealkylation sites (N-methyl/N-ethyl adjacent to an activating group) is 1. The first-order chi connectivity index (χ1) is 7.33. The van der Waals surface area contributed by atoms with Gasteiger partial charge in [-0.1, -0.05) is 0 Å². The van der Waals surface area contributed by atoms with E-state index in [-0.39, 0.29) is 0 Å². The van der Waals surface area contributed by atoms with Crippen LogP contribution in [-0.4, -0.2) is 25.8 Å². The van der Waals surface area contributed by atoms with Crippen molar-refractivity contribution in [3.63, 3.8) is 0 Å². The molecule has 1 aliphatic rings. The molecule has 1 fully saturated rings. The molecule has 0 aromatic rings. The lowest BCUT2D eigenvalue weighted by Crippen LogP contribution is -2.40. The van der Waals surface area contributed by atoms with Gasteiger partial charge in [-0.2, -0.15) is 0 Å². The Labute approximate surface area is 93.8 Å². The summed E-state index contributed by atoms with van der Waals surface area (Å²) in [5.41, 5.74) is 0. The van der Waals surface area contributed by atoms with Gasteiger partial charge < -0.3 is 10.1 Å². The highest BCUT2D eigenvalue weighted by atomic mass is 16.5. The molecule has 86 valence electrons. The molecule has 2 unspecified atom stereocenters. The third-order valence-corrected chi connectivity index (χ3v) is 3.05. The lowest BCUT2D eigenvalue weighted by Gasteiger charge is -2.26. The fourth-order valence-corrected chi connectivity index (χ4v) is 2.09. The van der Waals surface area contributed by atoms with E-state index in [1.807, 2.05) is 7.05 Å². The lowest BCUT2D eigenvalue weighted by molar-refractivity contribution is 0.0185. The highest BCUT2D eigenvalue weighted by molar-refractivity contribution is 4.91. The molecule has 0 amide bonds. The van der Waals surface area contributed by atoms with Gasteiger partial charge >= 0.3 is 0 Å². The van der Waals surface area contributed by atoms with Gasteiger partial charge in [0.1, 0.15) is 0 Å². The maximum atomic E-state index is 5.84. The van der Waals surface area contributed by atoms with E-state index in [1.54, 1.807) is 0 Å². The molecule has 2 nitrogen and oxygen atoms in total. The Morgan fingerprint density at radius 3 is 2.73 bits per heavy atom. The molecule has 0 aromatic heterocycles. The molecule has 1 saturated carbocycles. The van der Waals surface area contributed by atoms with Crippen molar-refractivity contribution in [1.29, 1.82) is 0 Å². The van der Waals surface area contributed by atoms with Gasteiger partial charge in [0.25, 0.3) is 0 Å². The Morgan fingerprint density at radius 2 is 2.27 bits per heavy atom. The van der Waals surface area contributed by atoms with E-state index in [9.17, 15) is 0 Å². The zero-order chi connectivity index (χ0) is 11.1. The molecular formula is C13H23NO. The SMILES string of the molecule is C#CCCCC(NC)C(OCC)C1CC1. The summed E-state index contributed by atoms with van der Waals surface area (Å²) in [5, 5.41) is 3.37. The molecule has 0 spiro atoms. The first-order valence-electron chi connectivity index (χ1n) is 6.05. The maximum absolute atomic E-state index is 5.84. The fraction of sp³-hybridized carbons (Fsp3) is 0.846. The van der Waals surface area contributed by atoms with Crippen molar-refractivity contribution in [2.45, 2.75) is 51.2 Å². The highest BCUT2D eigenvalue weighted by Gasteiger charge is 2.36. The smallest absolute Gasteiger partial charge is 0.0755 e. The van der Waals surface area contributed by atoms with Crippen LogP contribution in [0.4, 0.5) is 0 Å². The van der Waals surface area contributed by atoms with Crippen LogP contribution in [-0.2, 0) is 4.74 Å². The van der Waals surface area contributed by atoms with Gasteiger partial charge in [-0.3, -0.25) is 0 Å². The van der Waals surface area contributed by atoms with Crippen molar-refractivity contribution in [3.05, 3.63) is 0 Å². The largest absolute Gasteiger partial charge is 0.377 e. The second-order valence-electron chi connectivity index (χ2n) is 4.25. The average Bonchev–Trinajstić information content (AvgIpc) is 3.06.